The summed E-state index contributed by atoms with van der Waals surface area (Å²) in [7, 11) is 0. The number of rotatable bonds is 6. The van der Waals surface area contributed by atoms with Crippen molar-refractivity contribution in [3.8, 4) is 6.07 Å². The molecule has 0 saturated heterocycles. The number of nitrogens with zero attached hydrogens (tertiary/aromatic N) is 4. The lowest BCUT2D eigenvalue weighted by Gasteiger charge is -2.27. The highest BCUT2D eigenvalue weighted by Gasteiger charge is 2.32. The minimum absolute atomic E-state index is 0.505. The van der Waals surface area contributed by atoms with Gasteiger partial charge in [0.15, 0.2) is 0 Å². The molecule has 104 valence electrons. The van der Waals surface area contributed by atoms with Crippen LogP contribution < -0.4 is 0 Å². The van der Waals surface area contributed by atoms with Crippen LogP contribution in [0.3, 0.4) is 0 Å². The van der Waals surface area contributed by atoms with Gasteiger partial charge in [-0.2, -0.15) is 10.4 Å². The van der Waals surface area contributed by atoms with Crippen molar-refractivity contribution in [3.63, 3.8) is 0 Å². The lowest BCUT2D eigenvalue weighted by Crippen LogP contribution is -2.30. The van der Waals surface area contributed by atoms with Gasteiger partial charge in [0.2, 0.25) is 0 Å². The van der Waals surface area contributed by atoms with Crippen molar-refractivity contribution in [2.24, 2.45) is 0 Å². The summed E-state index contributed by atoms with van der Waals surface area (Å²) >= 11 is 5.94. The molecule has 0 N–H and O–H groups in total. The van der Waals surface area contributed by atoms with Crippen LogP contribution in [0.5, 0.6) is 0 Å². The van der Waals surface area contributed by atoms with E-state index in [0.717, 1.165) is 24.8 Å². The fourth-order valence-electron chi connectivity index (χ4n) is 2.31. The second-order valence-electron chi connectivity index (χ2n) is 4.90. The Morgan fingerprint density at radius 1 is 1.35 bits per heavy atom. The van der Waals surface area contributed by atoms with Gasteiger partial charge in [0, 0.05) is 5.02 Å². The maximum Gasteiger partial charge on any atom is 0.137 e. The molecule has 0 aliphatic carbocycles. The number of hydrogen-bond acceptors (Lipinski definition) is 3. The number of nitriles is 1. The molecule has 1 heterocycles. The molecule has 0 fully saturated rings. The van der Waals surface area contributed by atoms with Gasteiger partial charge in [-0.1, -0.05) is 43.5 Å². The highest BCUT2D eigenvalue weighted by Crippen LogP contribution is 2.32. The molecule has 0 radical (unpaired) electrons. The van der Waals surface area contributed by atoms with Gasteiger partial charge in [0.05, 0.1) is 12.6 Å². The molecule has 20 heavy (non-hydrogen) atoms. The molecule has 2 aromatic rings. The Kier molecular flexibility index (Phi) is 4.75. The highest BCUT2D eigenvalue weighted by molar-refractivity contribution is 6.30. The molecule has 5 heteroatoms. The molecule has 0 amide bonds. The van der Waals surface area contributed by atoms with Gasteiger partial charge in [-0.25, -0.2) is 4.98 Å². The van der Waals surface area contributed by atoms with E-state index in [4.69, 9.17) is 11.6 Å². The molecule has 1 atom stereocenters. The van der Waals surface area contributed by atoms with E-state index in [0.29, 0.717) is 11.6 Å². The zero-order valence-electron chi connectivity index (χ0n) is 11.5. The number of halogens is 1. The summed E-state index contributed by atoms with van der Waals surface area (Å²) < 4.78 is 1.72. The van der Waals surface area contributed by atoms with Crippen LogP contribution >= 0.6 is 11.6 Å². The third-order valence-electron chi connectivity index (χ3n) is 3.47. The van der Waals surface area contributed by atoms with Crippen LogP contribution in [-0.2, 0) is 12.0 Å². The summed E-state index contributed by atoms with van der Waals surface area (Å²) in [4.78, 5) is 3.95. The minimum Gasteiger partial charge on any atom is -0.251 e. The predicted octanol–water partition coefficient (Wildman–Crippen LogP) is 3.58. The van der Waals surface area contributed by atoms with Gasteiger partial charge >= 0.3 is 0 Å². The van der Waals surface area contributed by atoms with Crippen LogP contribution in [0.2, 0.25) is 5.02 Å². The Hall–Kier alpha value is -1.86. The lowest BCUT2D eigenvalue weighted by molar-refractivity contribution is 0.390. The minimum atomic E-state index is -0.589. The second kappa shape index (κ2) is 6.53. The van der Waals surface area contributed by atoms with E-state index in [-0.39, 0.29) is 0 Å². The number of aromatic nitrogens is 3. The normalized spacial score (nSPS) is 13.7. The summed E-state index contributed by atoms with van der Waals surface area (Å²) in [5.41, 5.74) is 0.391. The maximum absolute atomic E-state index is 9.78. The monoisotopic (exact) mass is 288 g/mol. The Labute approximate surface area is 124 Å². The predicted molar refractivity (Wildman–Crippen MR) is 78.3 cm³/mol. The first-order valence-corrected chi connectivity index (χ1v) is 7.08. The van der Waals surface area contributed by atoms with Crippen LogP contribution in [0.15, 0.2) is 36.9 Å². The van der Waals surface area contributed by atoms with E-state index >= 15 is 0 Å². The lowest BCUT2D eigenvalue weighted by atomic mass is 9.77. The first-order chi connectivity index (χ1) is 9.70. The number of benzene rings is 1. The quantitative estimate of drug-likeness (QED) is 0.816. The van der Waals surface area contributed by atoms with Crippen molar-refractivity contribution < 1.29 is 0 Å². The molecule has 2 rings (SSSR count). The fraction of sp³-hybridized carbons (Fsp3) is 0.400. The Bertz CT molecular complexity index is 571. The Morgan fingerprint density at radius 2 is 2.10 bits per heavy atom. The van der Waals surface area contributed by atoms with Gasteiger partial charge in [0.25, 0.3) is 0 Å². The standard InChI is InChI=1S/C15H17ClN4/c1-2-3-8-15(9-17,10-20-12-18-11-19-20)13-4-6-14(16)7-5-13/h4-7,11-12H,2-3,8,10H2,1H3/t15-/m1/s1. The molecular formula is C15H17ClN4. The van der Waals surface area contributed by atoms with Crippen molar-refractivity contribution in [1.82, 2.24) is 14.8 Å². The average Bonchev–Trinajstić information content (AvgIpc) is 2.97. The van der Waals surface area contributed by atoms with Crippen molar-refractivity contribution in [2.75, 3.05) is 0 Å². The molecule has 0 bridgehead atoms. The molecule has 0 aliphatic heterocycles. The summed E-state index contributed by atoms with van der Waals surface area (Å²) in [5, 5.41) is 14.6. The molecular weight excluding hydrogens is 272 g/mol. The number of hydrogen-bond donors (Lipinski definition) is 0. The molecule has 1 aromatic heterocycles. The third kappa shape index (κ3) is 3.17. The zero-order valence-corrected chi connectivity index (χ0v) is 12.2. The topological polar surface area (TPSA) is 54.5 Å². The van der Waals surface area contributed by atoms with Crippen LogP contribution in [0.4, 0.5) is 0 Å². The van der Waals surface area contributed by atoms with E-state index in [1.165, 1.54) is 6.33 Å². The summed E-state index contributed by atoms with van der Waals surface area (Å²) in [6, 6.07) is 10.0. The zero-order chi connectivity index (χ0) is 14.4. The van der Waals surface area contributed by atoms with Crippen molar-refractivity contribution in [2.45, 2.75) is 38.1 Å². The first-order valence-electron chi connectivity index (χ1n) is 6.70. The Morgan fingerprint density at radius 3 is 2.65 bits per heavy atom. The fourth-order valence-corrected chi connectivity index (χ4v) is 2.43. The SMILES string of the molecule is CCCC[C@@](C#N)(Cn1cncn1)c1ccc(Cl)cc1. The second-order valence-corrected chi connectivity index (χ2v) is 5.33. The first kappa shape index (κ1) is 14.5. The average molecular weight is 289 g/mol. The summed E-state index contributed by atoms with van der Waals surface area (Å²) in [6.07, 6.45) is 5.97. The van der Waals surface area contributed by atoms with E-state index in [9.17, 15) is 5.26 Å². The highest BCUT2D eigenvalue weighted by atomic mass is 35.5. The van der Waals surface area contributed by atoms with E-state index in [1.807, 2.05) is 24.3 Å². The van der Waals surface area contributed by atoms with Crippen molar-refractivity contribution in [1.29, 1.82) is 5.26 Å². The van der Waals surface area contributed by atoms with Gasteiger partial charge in [-0.15, -0.1) is 0 Å². The van der Waals surface area contributed by atoms with Crippen molar-refractivity contribution >= 4 is 11.6 Å². The van der Waals surface area contributed by atoms with Gasteiger partial charge in [-0.3, -0.25) is 4.68 Å². The third-order valence-corrected chi connectivity index (χ3v) is 3.72. The van der Waals surface area contributed by atoms with Gasteiger partial charge in [-0.05, 0) is 24.1 Å². The van der Waals surface area contributed by atoms with Crippen LogP contribution in [0.1, 0.15) is 31.7 Å². The summed E-state index contributed by atoms with van der Waals surface area (Å²) in [5.74, 6) is 0. The smallest absolute Gasteiger partial charge is 0.137 e. The van der Waals surface area contributed by atoms with E-state index < -0.39 is 5.41 Å². The number of unbranched alkanes of at least 4 members (excludes halogenated alkanes) is 1. The molecule has 0 saturated carbocycles. The molecule has 0 spiro atoms. The molecule has 1 aromatic carbocycles. The van der Waals surface area contributed by atoms with E-state index in [1.54, 1.807) is 11.0 Å². The molecule has 0 unspecified atom stereocenters. The Balaban J connectivity index is 2.36. The van der Waals surface area contributed by atoms with Crippen LogP contribution in [0.25, 0.3) is 0 Å². The van der Waals surface area contributed by atoms with Crippen LogP contribution in [-0.4, -0.2) is 14.8 Å². The maximum atomic E-state index is 9.78. The molecule has 4 nitrogen and oxygen atoms in total. The van der Waals surface area contributed by atoms with E-state index in [2.05, 4.69) is 23.1 Å². The molecule has 0 aliphatic rings. The van der Waals surface area contributed by atoms with Crippen molar-refractivity contribution in [3.05, 3.63) is 47.5 Å². The van der Waals surface area contributed by atoms with Crippen LogP contribution in [0, 0.1) is 11.3 Å². The summed E-state index contributed by atoms with van der Waals surface area (Å²) in [6.45, 7) is 2.63. The van der Waals surface area contributed by atoms with Gasteiger partial charge < -0.3 is 0 Å². The van der Waals surface area contributed by atoms with Gasteiger partial charge in [0.1, 0.15) is 18.1 Å². The largest absolute Gasteiger partial charge is 0.251 e.